The lowest BCUT2D eigenvalue weighted by molar-refractivity contribution is 0.597. The Morgan fingerprint density at radius 1 is 1.31 bits per heavy atom. The van der Waals surface area contributed by atoms with E-state index in [1.165, 1.54) is 0 Å². The number of aromatic nitrogens is 1. The van der Waals surface area contributed by atoms with Gasteiger partial charge in [0, 0.05) is 30.7 Å². The van der Waals surface area contributed by atoms with Crippen LogP contribution < -0.4 is 11.1 Å². The Balaban J connectivity index is 1.78. The summed E-state index contributed by atoms with van der Waals surface area (Å²) in [6.45, 7) is 1.56. The molecule has 3 N–H and O–H groups in total. The van der Waals surface area contributed by atoms with Crippen molar-refractivity contribution in [2.75, 3.05) is 6.54 Å². The molecule has 1 unspecified atom stereocenters. The van der Waals surface area contributed by atoms with E-state index in [9.17, 15) is 0 Å². The van der Waals surface area contributed by atoms with Gasteiger partial charge in [-0.1, -0.05) is 30.3 Å². The standard InChI is InChI=1S/C12H15N3S/c13-11(10-4-2-1-3-5-10)8-14-9-12-15-6-7-16-12/h1-7,11,14H,8-9,13H2. The summed E-state index contributed by atoms with van der Waals surface area (Å²) in [6, 6.07) is 10.2. The third kappa shape index (κ3) is 3.13. The molecule has 0 saturated heterocycles. The fourth-order valence-electron chi connectivity index (χ4n) is 1.49. The molecule has 0 radical (unpaired) electrons. The summed E-state index contributed by atoms with van der Waals surface area (Å²) >= 11 is 1.66. The molecular formula is C12H15N3S. The van der Waals surface area contributed by atoms with Crippen LogP contribution in [0, 0.1) is 0 Å². The summed E-state index contributed by atoms with van der Waals surface area (Å²) in [7, 11) is 0. The van der Waals surface area contributed by atoms with Crippen molar-refractivity contribution >= 4 is 11.3 Å². The zero-order valence-corrected chi connectivity index (χ0v) is 9.78. The molecule has 0 aliphatic carbocycles. The lowest BCUT2D eigenvalue weighted by Gasteiger charge is -2.12. The van der Waals surface area contributed by atoms with E-state index in [0.717, 1.165) is 23.7 Å². The van der Waals surface area contributed by atoms with Crippen molar-refractivity contribution in [3.63, 3.8) is 0 Å². The topological polar surface area (TPSA) is 50.9 Å². The number of thiazole rings is 1. The van der Waals surface area contributed by atoms with Crippen LogP contribution in [0.5, 0.6) is 0 Å². The average molecular weight is 233 g/mol. The van der Waals surface area contributed by atoms with Gasteiger partial charge in [0.05, 0.1) is 0 Å². The monoisotopic (exact) mass is 233 g/mol. The molecule has 0 amide bonds. The maximum atomic E-state index is 6.05. The van der Waals surface area contributed by atoms with E-state index in [1.54, 1.807) is 11.3 Å². The predicted molar refractivity (Wildman–Crippen MR) is 67.2 cm³/mol. The van der Waals surface area contributed by atoms with Crippen LogP contribution in [-0.4, -0.2) is 11.5 Å². The summed E-state index contributed by atoms with van der Waals surface area (Å²) in [5.74, 6) is 0. The van der Waals surface area contributed by atoms with Crippen LogP contribution >= 0.6 is 11.3 Å². The highest BCUT2D eigenvalue weighted by Crippen LogP contribution is 2.08. The van der Waals surface area contributed by atoms with E-state index in [-0.39, 0.29) is 6.04 Å². The lowest BCUT2D eigenvalue weighted by atomic mass is 10.1. The minimum atomic E-state index is 0.0427. The molecule has 3 nitrogen and oxygen atoms in total. The second kappa shape index (κ2) is 5.75. The van der Waals surface area contributed by atoms with Gasteiger partial charge in [-0.25, -0.2) is 4.98 Å². The quantitative estimate of drug-likeness (QED) is 0.829. The van der Waals surface area contributed by atoms with Crippen molar-refractivity contribution < 1.29 is 0 Å². The van der Waals surface area contributed by atoms with E-state index in [1.807, 2.05) is 29.8 Å². The molecule has 0 saturated carbocycles. The Bertz CT molecular complexity index is 399. The first-order valence-electron chi connectivity index (χ1n) is 5.26. The highest BCUT2D eigenvalue weighted by atomic mass is 32.1. The van der Waals surface area contributed by atoms with E-state index >= 15 is 0 Å². The number of hydrogen-bond acceptors (Lipinski definition) is 4. The fraction of sp³-hybridized carbons (Fsp3) is 0.250. The second-order valence-electron chi connectivity index (χ2n) is 3.57. The molecule has 0 spiro atoms. The lowest BCUT2D eigenvalue weighted by Crippen LogP contribution is -2.26. The summed E-state index contributed by atoms with van der Waals surface area (Å²) in [4.78, 5) is 4.20. The van der Waals surface area contributed by atoms with E-state index in [0.29, 0.717) is 0 Å². The Morgan fingerprint density at radius 2 is 2.12 bits per heavy atom. The number of nitrogens with one attached hydrogen (secondary N) is 1. The van der Waals surface area contributed by atoms with Crippen LogP contribution in [0.3, 0.4) is 0 Å². The number of nitrogens with two attached hydrogens (primary N) is 1. The SMILES string of the molecule is NC(CNCc1nccs1)c1ccccc1. The Kier molecular flexibility index (Phi) is 4.04. The largest absolute Gasteiger partial charge is 0.323 e. The fourth-order valence-corrected chi connectivity index (χ4v) is 2.08. The molecule has 0 aliphatic heterocycles. The first-order valence-corrected chi connectivity index (χ1v) is 6.14. The Morgan fingerprint density at radius 3 is 2.81 bits per heavy atom. The van der Waals surface area contributed by atoms with Crippen LogP contribution in [0.2, 0.25) is 0 Å². The molecule has 16 heavy (non-hydrogen) atoms. The molecule has 1 heterocycles. The number of nitrogens with zero attached hydrogens (tertiary/aromatic N) is 1. The van der Waals surface area contributed by atoms with Crippen molar-refractivity contribution in [3.05, 3.63) is 52.5 Å². The molecule has 1 aromatic carbocycles. The van der Waals surface area contributed by atoms with Gasteiger partial charge in [0.15, 0.2) is 0 Å². The number of benzene rings is 1. The first-order chi connectivity index (χ1) is 7.86. The van der Waals surface area contributed by atoms with Crippen LogP contribution in [-0.2, 0) is 6.54 Å². The van der Waals surface area contributed by atoms with E-state index in [2.05, 4.69) is 22.4 Å². The minimum Gasteiger partial charge on any atom is -0.323 e. The van der Waals surface area contributed by atoms with Gasteiger partial charge in [-0.2, -0.15) is 0 Å². The maximum Gasteiger partial charge on any atom is 0.106 e. The van der Waals surface area contributed by atoms with E-state index < -0.39 is 0 Å². The minimum absolute atomic E-state index is 0.0427. The van der Waals surface area contributed by atoms with Crippen LogP contribution in [0.1, 0.15) is 16.6 Å². The molecule has 84 valence electrons. The van der Waals surface area contributed by atoms with Gasteiger partial charge in [-0.15, -0.1) is 11.3 Å². The summed E-state index contributed by atoms with van der Waals surface area (Å²) < 4.78 is 0. The zero-order chi connectivity index (χ0) is 11.2. The van der Waals surface area contributed by atoms with Crippen LogP contribution in [0.25, 0.3) is 0 Å². The van der Waals surface area contributed by atoms with Gasteiger partial charge in [0.1, 0.15) is 5.01 Å². The summed E-state index contributed by atoms with van der Waals surface area (Å²) in [5.41, 5.74) is 7.22. The number of hydrogen-bond donors (Lipinski definition) is 2. The van der Waals surface area contributed by atoms with Gasteiger partial charge < -0.3 is 11.1 Å². The van der Waals surface area contributed by atoms with Gasteiger partial charge in [-0.05, 0) is 5.56 Å². The Hall–Kier alpha value is -1.23. The summed E-state index contributed by atoms with van der Waals surface area (Å²) in [6.07, 6.45) is 1.82. The predicted octanol–water partition coefficient (Wildman–Crippen LogP) is 1.93. The number of rotatable bonds is 5. The van der Waals surface area contributed by atoms with Crippen molar-refractivity contribution in [2.45, 2.75) is 12.6 Å². The van der Waals surface area contributed by atoms with Crippen LogP contribution in [0.4, 0.5) is 0 Å². The molecule has 1 aromatic heterocycles. The van der Waals surface area contributed by atoms with Crippen molar-refractivity contribution in [1.29, 1.82) is 0 Å². The molecule has 0 bridgehead atoms. The van der Waals surface area contributed by atoms with Crippen LogP contribution in [0.15, 0.2) is 41.9 Å². The zero-order valence-electron chi connectivity index (χ0n) is 8.97. The molecular weight excluding hydrogens is 218 g/mol. The average Bonchev–Trinajstić information content (AvgIpc) is 2.83. The molecule has 2 aromatic rings. The molecule has 2 rings (SSSR count). The summed E-state index contributed by atoms with van der Waals surface area (Å²) in [5, 5.41) is 6.39. The van der Waals surface area contributed by atoms with Crippen molar-refractivity contribution in [1.82, 2.24) is 10.3 Å². The smallest absolute Gasteiger partial charge is 0.106 e. The Labute approximate surface area is 99.3 Å². The molecule has 4 heteroatoms. The third-order valence-corrected chi connectivity index (χ3v) is 3.13. The maximum absolute atomic E-state index is 6.05. The molecule has 1 atom stereocenters. The second-order valence-corrected chi connectivity index (χ2v) is 4.55. The third-order valence-electron chi connectivity index (χ3n) is 2.35. The normalized spacial score (nSPS) is 12.6. The first kappa shape index (κ1) is 11.3. The van der Waals surface area contributed by atoms with Crippen molar-refractivity contribution in [2.24, 2.45) is 5.73 Å². The molecule has 0 fully saturated rings. The van der Waals surface area contributed by atoms with Crippen molar-refractivity contribution in [3.8, 4) is 0 Å². The molecule has 0 aliphatic rings. The van der Waals surface area contributed by atoms with Gasteiger partial charge in [0.2, 0.25) is 0 Å². The van der Waals surface area contributed by atoms with Gasteiger partial charge in [-0.3, -0.25) is 0 Å². The van der Waals surface area contributed by atoms with Gasteiger partial charge >= 0.3 is 0 Å². The highest BCUT2D eigenvalue weighted by molar-refractivity contribution is 7.09. The highest BCUT2D eigenvalue weighted by Gasteiger charge is 2.04. The van der Waals surface area contributed by atoms with Gasteiger partial charge in [0.25, 0.3) is 0 Å². The van der Waals surface area contributed by atoms with E-state index in [4.69, 9.17) is 5.73 Å².